The molecule has 0 unspecified atom stereocenters. The van der Waals surface area contributed by atoms with Gasteiger partial charge in [-0.2, -0.15) is 5.10 Å². The highest BCUT2D eigenvalue weighted by molar-refractivity contribution is 5.71. The van der Waals surface area contributed by atoms with E-state index in [4.69, 9.17) is 0 Å². The first-order valence-electron chi connectivity index (χ1n) is 5.06. The van der Waals surface area contributed by atoms with Crippen LogP contribution in [0, 0.1) is 0 Å². The van der Waals surface area contributed by atoms with Gasteiger partial charge < -0.3 is 10.1 Å². The van der Waals surface area contributed by atoms with E-state index in [0.717, 1.165) is 18.7 Å². The molecule has 5 nitrogen and oxygen atoms in total. The summed E-state index contributed by atoms with van der Waals surface area (Å²) < 4.78 is 6.46. The molecule has 15 heavy (non-hydrogen) atoms. The van der Waals surface area contributed by atoms with Crippen molar-refractivity contribution in [3.63, 3.8) is 0 Å². The Balaban J connectivity index is 2.36. The van der Waals surface area contributed by atoms with Gasteiger partial charge in [-0.3, -0.25) is 9.48 Å². The number of esters is 1. The van der Waals surface area contributed by atoms with Crippen LogP contribution in [0.3, 0.4) is 0 Å². The summed E-state index contributed by atoms with van der Waals surface area (Å²) in [5.74, 6) is -0.253. The molecular formula is C10H17N3O2. The molecule has 5 heteroatoms. The number of nitrogens with zero attached hydrogens (tertiary/aromatic N) is 2. The summed E-state index contributed by atoms with van der Waals surface area (Å²) in [6, 6.07) is 1.94. The SMILES string of the molecule is CCCn1nccc1CNCC(=O)OC. The van der Waals surface area contributed by atoms with Crippen LogP contribution < -0.4 is 5.32 Å². The van der Waals surface area contributed by atoms with Crippen LogP contribution >= 0.6 is 0 Å². The molecule has 0 aromatic carbocycles. The van der Waals surface area contributed by atoms with Crippen molar-refractivity contribution in [1.82, 2.24) is 15.1 Å². The smallest absolute Gasteiger partial charge is 0.319 e. The highest BCUT2D eigenvalue weighted by Gasteiger charge is 2.03. The molecule has 1 aromatic rings. The van der Waals surface area contributed by atoms with Gasteiger partial charge in [0.15, 0.2) is 0 Å². The zero-order valence-electron chi connectivity index (χ0n) is 9.19. The molecule has 1 rings (SSSR count). The van der Waals surface area contributed by atoms with Crippen molar-refractivity contribution in [2.75, 3.05) is 13.7 Å². The van der Waals surface area contributed by atoms with E-state index >= 15 is 0 Å². The van der Waals surface area contributed by atoms with Crippen LogP contribution in [-0.2, 0) is 22.6 Å². The average Bonchev–Trinajstić information content (AvgIpc) is 2.66. The molecule has 1 aromatic heterocycles. The minimum absolute atomic E-state index is 0.230. The lowest BCUT2D eigenvalue weighted by molar-refractivity contribution is -0.139. The molecule has 0 amide bonds. The van der Waals surface area contributed by atoms with Gasteiger partial charge >= 0.3 is 5.97 Å². The first-order valence-corrected chi connectivity index (χ1v) is 5.06. The van der Waals surface area contributed by atoms with Crippen molar-refractivity contribution in [1.29, 1.82) is 0 Å². The number of methoxy groups -OCH3 is 1. The largest absolute Gasteiger partial charge is 0.468 e. The Labute approximate surface area is 89.4 Å². The van der Waals surface area contributed by atoms with Crippen LogP contribution in [0.15, 0.2) is 12.3 Å². The molecule has 0 saturated carbocycles. The third-order valence-corrected chi connectivity index (χ3v) is 2.04. The van der Waals surface area contributed by atoms with E-state index in [1.54, 1.807) is 6.20 Å². The lowest BCUT2D eigenvalue weighted by atomic mass is 10.4. The van der Waals surface area contributed by atoms with Crippen LogP contribution in [0.5, 0.6) is 0 Å². The number of aromatic nitrogens is 2. The van der Waals surface area contributed by atoms with Gasteiger partial charge in [-0.25, -0.2) is 0 Å². The van der Waals surface area contributed by atoms with E-state index in [9.17, 15) is 4.79 Å². The van der Waals surface area contributed by atoms with Gasteiger partial charge in [0, 0.05) is 19.3 Å². The Kier molecular flexibility index (Phi) is 4.83. The van der Waals surface area contributed by atoms with E-state index in [1.807, 2.05) is 10.7 Å². The number of carbonyl (C=O) groups is 1. The van der Waals surface area contributed by atoms with E-state index in [-0.39, 0.29) is 12.5 Å². The number of aryl methyl sites for hydroxylation is 1. The van der Waals surface area contributed by atoms with Crippen LogP contribution in [0.4, 0.5) is 0 Å². The molecule has 0 radical (unpaired) electrons. The fourth-order valence-corrected chi connectivity index (χ4v) is 1.29. The number of rotatable bonds is 6. The van der Waals surface area contributed by atoms with Crippen molar-refractivity contribution in [3.8, 4) is 0 Å². The first kappa shape index (κ1) is 11.7. The fourth-order valence-electron chi connectivity index (χ4n) is 1.29. The molecule has 0 spiro atoms. The van der Waals surface area contributed by atoms with Gasteiger partial charge in [-0.05, 0) is 12.5 Å². The monoisotopic (exact) mass is 211 g/mol. The maximum Gasteiger partial charge on any atom is 0.319 e. The topological polar surface area (TPSA) is 56.2 Å². The van der Waals surface area contributed by atoms with Crippen LogP contribution in [0.1, 0.15) is 19.0 Å². The molecule has 1 heterocycles. The maximum absolute atomic E-state index is 10.8. The van der Waals surface area contributed by atoms with E-state index in [1.165, 1.54) is 7.11 Å². The van der Waals surface area contributed by atoms with Gasteiger partial charge in [0.1, 0.15) is 0 Å². The van der Waals surface area contributed by atoms with Gasteiger partial charge in [0.25, 0.3) is 0 Å². The summed E-state index contributed by atoms with van der Waals surface area (Å²) in [5.41, 5.74) is 1.08. The highest BCUT2D eigenvalue weighted by atomic mass is 16.5. The summed E-state index contributed by atoms with van der Waals surface area (Å²) in [7, 11) is 1.38. The Morgan fingerprint density at radius 3 is 3.13 bits per heavy atom. The Hall–Kier alpha value is -1.36. The van der Waals surface area contributed by atoms with Crippen LogP contribution in [0.2, 0.25) is 0 Å². The average molecular weight is 211 g/mol. The summed E-state index contributed by atoms with van der Waals surface area (Å²) in [6.07, 6.45) is 2.82. The molecule has 0 aliphatic carbocycles. The Morgan fingerprint density at radius 1 is 1.67 bits per heavy atom. The highest BCUT2D eigenvalue weighted by Crippen LogP contribution is 1.99. The lowest BCUT2D eigenvalue weighted by Crippen LogP contribution is -2.24. The second-order valence-corrected chi connectivity index (χ2v) is 3.23. The predicted octanol–water partition coefficient (Wildman–Crippen LogP) is 0.556. The van der Waals surface area contributed by atoms with Crippen molar-refractivity contribution in [2.45, 2.75) is 26.4 Å². The second-order valence-electron chi connectivity index (χ2n) is 3.23. The number of hydrogen-bond acceptors (Lipinski definition) is 4. The number of hydrogen-bond donors (Lipinski definition) is 1. The van der Waals surface area contributed by atoms with Gasteiger partial charge in [0.05, 0.1) is 19.3 Å². The summed E-state index contributed by atoms with van der Waals surface area (Å²) in [5, 5.41) is 7.19. The molecule has 0 atom stereocenters. The van der Waals surface area contributed by atoms with Crippen molar-refractivity contribution < 1.29 is 9.53 Å². The summed E-state index contributed by atoms with van der Waals surface area (Å²) >= 11 is 0. The van der Waals surface area contributed by atoms with E-state index in [0.29, 0.717) is 6.54 Å². The fraction of sp³-hybridized carbons (Fsp3) is 0.600. The van der Waals surface area contributed by atoms with E-state index < -0.39 is 0 Å². The predicted molar refractivity (Wildman–Crippen MR) is 56.2 cm³/mol. The zero-order valence-corrected chi connectivity index (χ0v) is 9.19. The van der Waals surface area contributed by atoms with Crippen molar-refractivity contribution >= 4 is 5.97 Å². The van der Waals surface area contributed by atoms with Gasteiger partial charge in [-0.15, -0.1) is 0 Å². The minimum Gasteiger partial charge on any atom is -0.468 e. The zero-order chi connectivity index (χ0) is 11.1. The second kappa shape index (κ2) is 6.19. The van der Waals surface area contributed by atoms with Crippen LogP contribution in [0.25, 0.3) is 0 Å². The van der Waals surface area contributed by atoms with Gasteiger partial charge in [-0.1, -0.05) is 6.92 Å². The molecule has 0 saturated heterocycles. The lowest BCUT2D eigenvalue weighted by Gasteiger charge is -2.06. The standard InChI is InChI=1S/C10H17N3O2/c1-3-6-13-9(4-5-12-13)7-11-8-10(14)15-2/h4-5,11H,3,6-8H2,1-2H3. The van der Waals surface area contributed by atoms with Gasteiger partial charge in [0.2, 0.25) is 0 Å². The molecule has 1 N–H and O–H groups in total. The molecule has 0 aliphatic rings. The maximum atomic E-state index is 10.8. The molecule has 0 fully saturated rings. The minimum atomic E-state index is -0.253. The molecule has 0 bridgehead atoms. The van der Waals surface area contributed by atoms with Crippen LogP contribution in [-0.4, -0.2) is 29.4 Å². The summed E-state index contributed by atoms with van der Waals surface area (Å²) in [4.78, 5) is 10.8. The normalized spacial score (nSPS) is 10.3. The molecule has 0 aliphatic heterocycles. The Bertz CT molecular complexity index is 309. The molecular weight excluding hydrogens is 194 g/mol. The third kappa shape index (κ3) is 3.71. The third-order valence-electron chi connectivity index (χ3n) is 2.04. The Morgan fingerprint density at radius 2 is 2.47 bits per heavy atom. The quantitative estimate of drug-likeness (QED) is 0.698. The van der Waals surface area contributed by atoms with Crippen molar-refractivity contribution in [2.24, 2.45) is 0 Å². The van der Waals surface area contributed by atoms with E-state index in [2.05, 4.69) is 22.1 Å². The summed E-state index contributed by atoms with van der Waals surface area (Å²) in [6.45, 7) is 3.87. The number of ether oxygens (including phenoxy) is 1. The van der Waals surface area contributed by atoms with Crippen molar-refractivity contribution in [3.05, 3.63) is 18.0 Å². The first-order chi connectivity index (χ1) is 7.27. The number of carbonyl (C=O) groups excluding carboxylic acids is 1. The number of nitrogens with one attached hydrogen (secondary N) is 1. The molecule has 84 valence electrons.